The quantitative estimate of drug-likeness (QED) is 0.335. The van der Waals surface area contributed by atoms with Crippen molar-refractivity contribution in [2.45, 2.75) is 19.4 Å². The van der Waals surface area contributed by atoms with Crippen LogP contribution in [0, 0.1) is 0 Å². The van der Waals surface area contributed by atoms with Gasteiger partial charge in [0.05, 0.1) is 23.8 Å². The number of fused-ring (bicyclic) bond motifs is 1. The van der Waals surface area contributed by atoms with Gasteiger partial charge < -0.3 is 14.3 Å². The van der Waals surface area contributed by atoms with Crippen molar-refractivity contribution >= 4 is 34.3 Å². The Morgan fingerprint density at radius 3 is 2.60 bits per heavy atom. The third kappa shape index (κ3) is 4.44. The molecule has 152 valence electrons. The van der Waals surface area contributed by atoms with Crippen molar-refractivity contribution in [3.05, 3.63) is 89.1 Å². The van der Waals surface area contributed by atoms with Crippen LogP contribution in [0.1, 0.15) is 33.2 Å². The van der Waals surface area contributed by atoms with Crippen molar-refractivity contribution in [2.24, 2.45) is 0 Å². The summed E-state index contributed by atoms with van der Waals surface area (Å²) < 4.78 is 7.03. The fourth-order valence-corrected chi connectivity index (χ4v) is 3.43. The molecule has 1 N–H and O–H groups in total. The van der Waals surface area contributed by atoms with E-state index in [1.54, 1.807) is 36.4 Å². The van der Waals surface area contributed by atoms with E-state index in [1.165, 1.54) is 6.26 Å². The molecule has 4 aromatic rings. The van der Waals surface area contributed by atoms with Crippen LogP contribution >= 0.6 is 11.6 Å². The first-order chi connectivity index (χ1) is 14.6. The van der Waals surface area contributed by atoms with Crippen LogP contribution in [0.25, 0.3) is 11.0 Å². The molecule has 0 spiro atoms. The third-order valence-electron chi connectivity index (χ3n) is 4.81. The fraction of sp³-hybridized carbons (Fsp3) is 0.174. The average Bonchev–Trinajstić information content (AvgIpc) is 3.40. The minimum Gasteiger partial charge on any atom is -0.459 e. The summed E-state index contributed by atoms with van der Waals surface area (Å²) in [6.45, 7) is 0.671. The Hall–Kier alpha value is -3.38. The molecule has 30 heavy (non-hydrogen) atoms. The summed E-state index contributed by atoms with van der Waals surface area (Å²) in [7, 11) is 0. The molecule has 0 radical (unpaired) electrons. The molecule has 0 fully saturated rings. The van der Waals surface area contributed by atoms with Crippen LogP contribution in [0.5, 0.6) is 0 Å². The van der Waals surface area contributed by atoms with Gasteiger partial charge in [0, 0.05) is 23.6 Å². The Morgan fingerprint density at radius 1 is 1.03 bits per heavy atom. The number of carbonyl (C=O) groups excluding carboxylic acids is 2. The van der Waals surface area contributed by atoms with E-state index >= 15 is 0 Å². The molecule has 1 amide bonds. The number of ketones is 1. The number of benzene rings is 2. The maximum absolute atomic E-state index is 12.8. The maximum atomic E-state index is 12.8. The van der Waals surface area contributed by atoms with Gasteiger partial charge in [-0.15, -0.1) is 0 Å². The number of nitrogens with zero attached hydrogens (tertiary/aromatic N) is 2. The summed E-state index contributed by atoms with van der Waals surface area (Å²) in [5.74, 6) is 0.843. The molecule has 0 bridgehead atoms. The molecule has 0 saturated heterocycles. The fourth-order valence-electron chi connectivity index (χ4n) is 3.31. The first kappa shape index (κ1) is 19.9. The molecule has 0 atom stereocenters. The number of rotatable bonds is 8. The Balaban J connectivity index is 1.46. The summed E-state index contributed by atoms with van der Waals surface area (Å²) >= 11 is 5.93. The maximum Gasteiger partial charge on any atom is 0.286 e. The van der Waals surface area contributed by atoms with Gasteiger partial charge in [-0.25, -0.2) is 4.98 Å². The second-order valence-corrected chi connectivity index (χ2v) is 7.31. The lowest BCUT2D eigenvalue weighted by atomic mass is 10.1. The van der Waals surface area contributed by atoms with E-state index in [4.69, 9.17) is 21.0 Å². The monoisotopic (exact) mass is 421 g/mol. The van der Waals surface area contributed by atoms with Crippen LogP contribution in [0.2, 0.25) is 5.02 Å². The number of furan rings is 1. The Morgan fingerprint density at radius 2 is 1.83 bits per heavy atom. The molecule has 0 aliphatic heterocycles. The van der Waals surface area contributed by atoms with E-state index in [0.29, 0.717) is 30.0 Å². The number of para-hydroxylation sites is 2. The van der Waals surface area contributed by atoms with Crippen molar-refractivity contribution in [1.29, 1.82) is 0 Å². The predicted octanol–water partition coefficient (Wildman–Crippen LogP) is 4.53. The number of amides is 1. The molecule has 4 rings (SSSR count). The van der Waals surface area contributed by atoms with E-state index in [2.05, 4.69) is 5.32 Å². The lowest BCUT2D eigenvalue weighted by molar-refractivity contribution is 0.0925. The average molecular weight is 422 g/mol. The van der Waals surface area contributed by atoms with Crippen molar-refractivity contribution in [2.75, 3.05) is 6.54 Å². The number of aryl methyl sites for hydroxylation is 1. The SMILES string of the molecule is O=C(Cn1c(CCCNC(=O)c2ccco2)nc2ccccc21)c1ccc(Cl)cc1. The zero-order chi connectivity index (χ0) is 20.9. The summed E-state index contributed by atoms with van der Waals surface area (Å²) in [5, 5.41) is 3.43. The number of aromatic nitrogens is 2. The Bertz CT molecular complexity index is 1160. The number of hydrogen-bond donors (Lipinski definition) is 1. The van der Waals surface area contributed by atoms with Crippen LogP contribution in [0.3, 0.4) is 0 Å². The van der Waals surface area contributed by atoms with E-state index < -0.39 is 0 Å². The zero-order valence-electron chi connectivity index (χ0n) is 16.2. The lowest BCUT2D eigenvalue weighted by Crippen LogP contribution is -2.24. The highest BCUT2D eigenvalue weighted by Crippen LogP contribution is 2.19. The van der Waals surface area contributed by atoms with Crippen LogP contribution in [0.4, 0.5) is 0 Å². The highest BCUT2D eigenvalue weighted by atomic mass is 35.5. The van der Waals surface area contributed by atoms with Gasteiger partial charge in [0.2, 0.25) is 0 Å². The van der Waals surface area contributed by atoms with Gasteiger partial charge >= 0.3 is 0 Å². The second kappa shape index (κ2) is 8.97. The number of nitrogens with one attached hydrogen (secondary N) is 1. The first-order valence-corrected chi connectivity index (χ1v) is 10.0. The number of carbonyl (C=O) groups is 2. The van der Waals surface area contributed by atoms with Gasteiger partial charge in [-0.3, -0.25) is 9.59 Å². The molecule has 2 heterocycles. The smallest absolute Gasteiger partial charge is 0.286 e. The lowest BCUT2D eigenvalue weighted by Gasteiger charge is -2.09. The molecule has 0 unspecified atom stereocenters. The highest BCUT2D eigenvalue weighted by Gasteiger charge is 2.15. The normalized spacial score (nSPS) is 11.0. The third-order valence-corrected chi connectivity index (χ3v) is 5.06. The van der Waals surface area contributed by atoms with Crippen molar-refractivity contribution < 1.29 is 14.0 Å². The molecular formula is C23H20ClN3O3. The largest absolute Gasteiger partial charge is 0.459 e. The van der Waals surface area contributed by atoms with Gasteiger partial charge in [-0.1, -0.05) is 23.7 Å². The van der Waals surface area contributed by atoms with Crippen LogP contribution in [-0.2, 0) is 13.0 Å². The molecule has 0 saturated carbocycles. The number of Topliss-reactive ketones (excluding diaryl/α,β-unsaturated/α-hetero) is 1. The van der Waals surface area contributed by atoms with Gasteiger partial charge in [0.1, 0.15) is 5.82 Å². The topological polar surface area (TPSA) is 77.1 Å². The number of halogens is 1. The predicted molar refractivity (Wildman–Crippen MR) is 115 cm³/mol. The molecule has 0 aliphatic rings. The van der Waals surface area contributed by atoms with E-state index in [-0.39, 0.29) is 24.0 Å². The van der Waals surface area contributed by atoms with Gasteiger partial charge in [0.15, 0.2) is 11.5 Å². The summed E-state index contributed by atoms with van der Waals surface area (Å²) in [5.41, 5.74) is 2.36. The number of hydrogen-bond acceptors (Lipinski definition) is 4. The van der Waals surface area contributed by atoms with Crippen molar-refractivity contribution in [3.63, 3.8) is 0 Å². The van der Waals surface area contributed by atoms with Gasteiger partial charge in [0.25, 0.3) is 5.91 Å². The molecule has 2 aromatic heterocycles. The summed E-state index contributed by atoms with van der Waals surface area (Å²) in [6, 6.07) is 17.9. The van der Waals surface area contributed by atoms with Crippen LogP contribution in [0.15, 0.2) is 71.3 Å². The van der Waals surface area contributed by atoms with Crippen molar-refractivity contribution in [1.82, 2.24) is 14.9 Å². The molecule has 2 aromatic carbocycles. The molecule has 6 nitrogen and oxygen atoms in total. The first-order valence-electron chi connectivity index (χ1n) is 9.66. The summed E-state index contributed by atoms with van der Waals surface area (Å²) in [6.07, 6.45) is 2.78. The zero-order valence-corrected chi connectivity index (χ0v) is 16.9. The number of imidazole rings is 1. The summed E-state index contributed by atoms with van der Waals surface area (Å²) in [4.78, 5) is 29.5. The van der Waals surface area contributed by atoms with E-state index in [0.717, 1.165) is 16.9 Å². The molecule has 7 heteroatoms. The van der Waals surface area contributed by atoms with Gasteiger partial charge in [-0.05, 0) is 55.0 Å². The molecule has 0 aliphatic carbocycles. The minimum absolute atomic E-state index is 0.0119. The van der Waals surface area contributed by atoms with Crippen LogP contribution in [-0.4, -0.2) is 27.8 Å². The Labute approximate surface area is 178 Å². The van der Waals surface area contributed by atoms with Crippen LogP contribution < -0.4 is 5.32 Å². The second-order valence-electron chi connectivity index (χ2n) is 6.87. The standard InChI is InChI=1S/C23H20ClN3O3/c24-17-11-9-16(10-12-17)20(28)15-27-19-6-2-1-5-18(19)26-22(27)8-3-13-25-23(29)21-7-4-14-30-21/h1-2,4-7,9-12,14H,3,8,13,15H2,(H,25,29). The highest BCUT2D eigenvalue weighted by molar-refractivity contribution is 6.30. The van der Waals surface area contributed by atoms with E-state index in [1.807, 2.05) is 28.8 Å². The molecular weight excluding hydrogens is 402 g/mol. The van der Waals surface area contributed by atoms with Crippen molar-refractivity contribution in [3.8, 4) is 0 Å². The minimum atomic E-state index is -0.244. The van der Waals surface area contributed by atoms with Gasteiger partial charge in [-0.2, -0.15) is 0 Å². The van der Waals surface area contributed by atoms with E-state index in [9.17, 15) is 9.59 Å². The Kier molecular flexibility index (Phi) is 5.95.